The number of allylic oxidation sites excluding steroid dienone is 1. The van der Waals surface area contributed by atoms with E-state index in [1.165, 1.54) is 6.08 Å². The van der Waals surface area contributed by atoms with E-state index in [4.69, 9.17) is 5.11 Å². The standard InChI is InChI=1S/C7H9F3O/c8-7(9,10)6(11)4-2-1-3-5-6/h2,4,11H,1,3,5H2/t6-/m1/s1. The number of rotatable bonds is 0. The van der Waals surface area contributed by atoms with E-state index in [1.54, 1.807) is 0 Å². The lowest BCUT2D eigenvalue weighted by Gasteiger charge is -2.29. The Hall–Kier alpha value is -0.510. The lowest BCUT2D eigenvalue weighted by Crippen LogP contribution is -2.44. The van der Waals surface area contributed by atoms with Gasteiger partial charge < -0.3 is 5.11 Å². The van der Waals surface area contributed by atoms with Gasteiger partial charge in [-0.1, -0.05) is 6.08 Å². The van der Waals surface area contributed by atoms with Gasteiger partial charge in [-0.2, -0.15) is 13.2 Å². The molecule has 0 aromatic heterocycles. The van der Waals surface area contributed by atoms with Crippen LogP contribution in [0.25, 0.3) is 0 Å². The fourth-order valence-electron chi connectivity index (χ4n) is 1.09. The van der Waals surface area contributed by atoms with Crippen molar-refractivity contribution in [2.24, 2.45) is 0 Å². The molecule has 1 rings (SSSR count). The molecule has 1 N–H and O–H groups in total. The van der Waals surface area contributed by atoms with E-state index in [2.05, 4.69) is 0 Å². The number of hydrogen-bond acceptors (Lipinski definition) is 1. The van der Waals surface area contributed by atoms with Crippen LogP contribution in [0.4, 0.5) is 13.2 Å². The molecule has 0 aliphatic heterocycles. The van der Waals surface area contributed by atoms with E-state index < -0.39 is 11.8 Å². The molecular formula is C7H9F3O. The Balaban J connectivity index is 2.80. The Morgan fingerprint density at radius 1 is 1.36 bits per heavy atom. The highest BCUT2D eigenvalue weighted by molar-refractivity contribution is 5.08. The van der Waals surface area contributed by atoms with Gasteiger partial charge in [-0.15, -0.1) is 0 Å². The molecule has 0 unspecified atom stereocenters. The maximum absolute atomic E-state index is 12.0. The van der Waals surface area contributed by atoms with Crippen LogP contribution in [0, 0.1) is 0 Å². The monoisotopic (exact) mass is 166 g/mol. The first-order valence-electron chi connectivity index (χ1n) is 3.42. The average molecular weight is 166 g/mol. The van der Waals surface area contributed by atoms with Gasteiger partial charge in [0.25, 0.3) is 0 Å². The van der Waals surface area contributed by atoms with Crippen molar-refractivity contribution in [1.82, 2.24) is 0 Å². The highest BCUT2D eigenvalue weighted by Crippen LogP contribution is 2.37. The molecule has 0 amide bonds. The quantitative estimate of drug-likeness (QED) is 0.546. The summed E-state index contributed by atoms with van der Waals surface area (Å²) in [5.74, 6) is 0. The van der Waals surface area contributed by atoms with Gasteiger partial charge >= 0.3 is 6.18 Å². The highest BCUT2D eigenvalue weighted by atomic mass is 19.4. The van der Waals surface area contributed by atoms with Crippen molar-refractivity contribution in [3.05, 3.63) is 12.2 Å². The Morgan fingerprint density at radius 3 is 2.27 bits per heavy atom. The van der Waals surface area contributed by atoms with E-state index in [-0.39, 0.29) is 6.42 Å². The van der Waals surface area contributed by atoms with Crippen molar-refractivity contribution in [2.75, 3.05) is 0 Å². The van der Waals surface area contributed by atoms with Crippen molar-refractivity contribution >= 4 is 0 Å². The van der Waals surface area contributed by atoms with Crippen molar-refractivity contribution < 1.29 is 18.3 Å². The summed E-state index contributed by atoms with van der Waals surface area (Å²) in [7, 11) is 0. The molecule has 0 saturated carbocycles. The zero-order valence-electron chi connectivity index (χ0n) is 5.86. The second-order valence-electron chi connectivity index (χ2n) is 2.72. The van der Waals surface area contributed by atoms with Crippen LogP contribution >= 0.6 is 0 Å². The predicted octanol–water partition coefficient (Wildman–Crippen LogP) is 2.02. The molecule has 11 heavy (non-hydrogen) atoms. The van der Waals surface area contributed by atoms with Gasteiger partial charge in [0, 0.05) is 0 Å². The molecule has 0 radical (unpaired) electrons. The average Bonchev–Trinajstić information content (AvgIpc) is 1.87. The Labute approximate surface area is 62.5 Å². The first kappa shape index (κ1) is 8.59. The van der Waals surface area contributed by atoms with Gasteiger partial charge in [-0.25, -0.2) is 0 Å². The van der Waals surface area contributed by atoms with E-state index in [9.17, 15) is 13.2 Å². The van der Waals surface area contributed by atoms with Crippen molar-refractivity contribution in [1.29, 1.82) is 0 Å². The molecular weight excluding hydrogens is 157 g/mol. The summed E-state index contributed by atoms with van der Waals surface area (Å²) in [6, 6.07) is 0. The summed E-state index contributed by atoms with van der Waals surface area (Å²) >= 11 is 0. The third kappa shape index (κ3) is 1.56. The van der Waals surface area contributed by atoms with Gasteiger partial charge in [0.15, 0.2) is 5.60 Å². The first-order chi connectivity index (χ1) is 4.96. The van der Waals surface area contributed by atoms with Gasteiger partial charge in [0.2, 0.25) is 0 Å². The molecule has 0 fully saturated rings. The minimum Gasteiger partial charge on any atom is -0.377 e. The molecule has 1 nitrogen and oxygen atoms in total. The minimum absolute atomic E-state index is 0.215. The summed E-state index contributed by atoms with van der Waals surface area (Å²) in [5, 5.41) is 9.00. The van der Waals surface area contributed by atoms with Crippen LogP contribution in [-0.4, -0.2) is 16.9 Å². The number of halogens is 3. The third-order valence-corrected chi connectivity index (χ3v) is 1.81. The molecule has 0 saturated heterocycles. The van der Waals surface area contributed by atoms with Crippen LogP contribution in [0.1, 0.15) is 19.3 Å². The van der Waals surface area contributed by atoms with Crippen LogP contribution in [0.3, 0.4) is 0 Å². The maximum Gasteiger partial charge on any atom is 0.420 e. The fourth-order valence-corrected chi connectivity index (χ4v) is 1.09. The van der Waals surface area contributed by atoms with E-state index >= 15 is 0 Å². The van der Waals surface area contributed by atoms with Crippen LogP contribution in [0.5, 0.6) is 0 Å². The molecule has 1 aliphatic rings. The van der Waals surface area contributed by atoms with Crippen molar-refractivity contribution in [3.63, 3.8) is 0 Å². The summed E-state index contributed by atoms with van der Waals surface area (Å²) in [4.78, 5) is 0. The van der Waals surface area contributed by atoms with Gasteiger partial charge in [0.05, 0.1) is 0 Å². The molecule has 0 aromatic rings. The normalized spacial score (nSPS) is 32.4. The lowest BCUT2D eigenvalue weighted by atomic mass is 9.91. The molecule has 64 valence electrons. The third-order valence-electron chi connectivity index (χ3n) is 1.81. The Bertz CT molecular complexity index is 173. The lowest BCUT2D eigenvalue weighted by molar-refractivity contribution is -0.243. The van der Waals surface area contributed by atoms with E-state index in [0.717, 1.165) is 6.08 Å². The molecule has 0 aromatic carbocycles. The smallest absolute Gasteiger partial charge is 0.377 e. The number of alkyl halides is 3. The second kappa shape index (κ2) is 2.52. The van der Waals surface area contributed by atoms with Crippen LogP contribution in [-0.2, 0) is 0 Å². The Morgan fingerprint density at radius 2 is 2.00 bits per heavy atom. The fraction of sp³-hybridized carbons (Fsp3) is 0.714. The number of aliphatic hydroxyl groups is 1. The minimum atomic E-state index is -4.52. The summed E-state index contributed by atoms with van der Waals surface area (Å²) in [5.41, 5.74) is -2.56. The van der Waals surface area contributed by atoms with Crippen LogP contribution in [0.15, 0.2) is 12.2 Å². The van der Waals surface area contributed by atoms with Crippen LogP contribution < -0.4 is 0 Å². The van der Waals surface area contributed by atoms with Gasteiger partial charge in [-0.3, -0.25) is 0 Å². The second-order valence-corrected chi connectivity index (χ2v) is 2.72. The molecule has 4 heteroatoms. The summed E-state index contributed by atoms with van der Waals surface area (Å²) < 4.78 is 36.1. The maximum atomic E-state index is 12.0. The van der Waals surface area contributed by atoms with E-state index in [1.807, 2.05) is 0 Å². The molecule has 0 heterocycles. The van der Waals surface area contributed by atoms with Gasteiger partial charge in [0.1, 0.15) is 0 Å². The highest BCUT2D eigenvalue weighted by Gasteiger charge is 2.51. The van der Waals surface area contributed by atoms with Crippen molar-refractivity contribution in [3.8, 4) is 0 Å². The predicted molar refractivity (Wildman–Crippen MR) is 34.0 cm³/mol. The SMILES string of the molecule is O[C@]1(C(F)(F)F)C=CCCC1. The van der Waals surface area contributed by atoms with Crippen molar-refractivity contribution in [2.45, 2.75) is 31.0 Å². The molecule has 0 bridgehead atoms. The zero-order valence-corrected chi connectivity index (χ0v) is 5.86. The molecule has 0 spiro atoms. The Kier molecular flexibility index (Phi) is 1.96. The summed E-state index contributed by atoms with van der Waals surface area (Å²) in [6.07, 6.45) is -1.50. The van der Waals surface area contributed by atoms with E-state index in [0.29, 0.717) is 12.8 Å². The summed E-state index contributed by atoms with van der Waals surface area (Å²) in [6.45, 7) is 0. The van der Waals surface area contributed by atoms with Gasteiger partial charge in [-0.05, 0) is 25.3 Å². The topological polar surface area (TPSA) is 20.2 Å². The molecule has 1 aliphatic carbocycles. The molecule has 1 atom stereocenters. The largest absolute Gasteiger partial charge is 0.420 e. The zero-order chi connectivity index (χ0) is 8.54. The van der Waals surface area contributed by atoms with Crippen LogP contribution in [0.2, 0.25) is 0 Å². The number of hydrogen-bond donors (Lipinski definition) is 1. The first-order valence-corrected chi connectivity index (χ1v) is 3.42.